The zero-order valence-electron chi connectivity index (χ0n) is 16.5. The van der Waals surface area contributed by atoms with Gasteiger partial charge >= 0.3 is 0 Å². The van der Waals surface area contributed by atoms with E-state index < -0.39 is 12.0 Å². The molecule has 3 rings (SSSR count). The number of para-hydroxylation sites is 2. The summed E-state index contributed by atoms with van der Waals surface area (Å²) in [5.41, 5.74) is 6.03. The maximum Gasteiger partial charge on any atom is 0.260 e. The van der Waals surface area contributed by atoms with Gasteiger partial charge in [0.1, 0.15) is 23.9 Å². The predicted octanol–water partition coefficient (Wildman–Crippen LogP) is 1.29. The van der Waals surface area contributed by atoms with Crippen LogP contribution in [0.1, 0.15) is 0 Å². The molecule has 0 aromatic heterocycles. The zero-order valence-corrected chi connectivity index (χ0v) is 16.5. The number of carbonyl (C=O) groups is 2. The van der Waals surface area contributed by atoms with Crippen molar-refractivity contribution in [3.63, 3.8) is 0 Å². The molecule has 0 aliphatic carbocycles. The van der Waals surface area contributed by atoms with Gasteiger partial charge in [0, 0.05) is 6.54 Å². The summed E-state index contributed by atoms with van der Waals surface area (Å²) in [4.78, 5) is 27.9. The number of primary amides is 1. The third-order valence-corrected chi connectivity index (χ3v) is 4.60. The molecule has 2 N–H and O–H groups in total. The van der Waals surface area contributed by atoms with E-state index in [1.807, 2.05) is 42.3 Å². The number of nitrogens with zero attached hydrogens (tertiary/aromatic N) is 2. The third kappa shape index (κ3) is 5.17. The van der Waals surface area contributed by atoms with Crippen LogP contribution >= 0.6 is 0 Å². The fraction of sp³-hybridized carbons (Fsp3) is 0.333. The highest BCUT2D eigenvalue weighted by molar-refractivity contribution is 5.98. The Morgan fingerprint density at radius 1 is 1.17 bits per heavy atom. The average Bonchev–Trinajstić information content (AvgIpc) is 2.73. The van der Waals surface area contributed by atoms with E-state index in [0.717, 1.165) is 11.5 Å². The molecule has 0 saturated carbocycles. The van der Waals surface area contributed by atoms with Crippen molar-refractivity contribution in [3.05, 3.63) is 48.5 Å². The lowest BCUT2D eigenvalue weighted by Gasteiger charge is -2.34. The highest BCUT2D eigenvalue weighted by Gasteiger charge is 2.32. The Morgan fingerprint density at radius 3 is 2.55 bits per heavy atom. The monoisotopic (exact) mass is 399 g/mol. The number of rotatable bonds is 8. The van der Waals surface area contributed by atoms with Gasteiger partial charge in [0.25, 0.3) is 5.91 Å². The lowest BCUT2D eigenvalue weighted by molar-refractivity contribution is -0.125. The summed E-state index contributed by atoms with van der Waals surface area (Å²) >= 11 is 0. The van der Waals surface area contributed by atoms with Crippen LogP contribution in [0.4, 0.5) is 5.69 Å². The van der Waals surface area contributed by atoms with E-state index >= 15 is 0 Å². The predicted molar refractivity (Wildman–Crippen MR) is 108 cm³/mol. The SMILES string of the molecule is COc1ccc(OCCN(C)CC(=O)N2C[C@H](C(N)=O)Oc3ccccc32)cc1. The van der Waals surface area contributed by atoms with Gasteiger partial charge in [-0.2, -0.15) is 0 Å². The molecular formula is C21H25N3O5. The van der Waals surface area contributed by atoms with Crippen molar-refractivity contribution in [3.8, 4) is 17.2 Å². The minimum Gasteiger partial charge on any atom is -0.497 e. The minimum atomic E-state index is -0.863. The van der Waals surface area contributed by atoms with E-state index in [-0.39, 0.29) is 19.0 Å². The van der Waals surface area contributed by atoms with Crippen molar-refractivity contribution >= 4 is 17.5 Å². The van der Waals surface area contributed by atoms with Crippen LogP contribution in [0.3, 0.4) is 0 Å². The van der Waals surface area contributed by atoms with E-state index in [9.17, 15) is 9.59 Å². The molecule has 1 aliphatic heterocycles. The van der Waals surface area contributed by atoms with Crippen LogP contribution in [0.15, 0.2) is 48.5 Å². The lowest BCUT2D eigenvalue weighted by atomic mass is 10.1. The molecule has 0 saturated heterocycles. The number of methoxy groups -OCH3 is 1. The Balaban J connectivity index is 1.55. The summed E-state index contributed by atoms with van der Waals surface area (Å²) in [6, 6.07) is 14.4. The van der Waals surface area contributed by atoms with Crippen LogP contribution in [-0.2, 0) is 9.59 Å². The molecule has 8 heteroatoms. The molecule has 0 unspecified atom stereocenters. The molecule has 2 amide bonds. The topological polar surface area (TPSA) is 94.3 Å². The van der Waals surface area contributed by atoms with Crippen molar-refractivity contribution in [2.24, 2.45) is 5.73 Å². The van der Waals surface area contributed by atoms with Gasteiger partial charge in [-0.1, -0.05) is 12.1 Å². The Bertz CT molecular complexity index is 856. The maximum absolute atomic E-state index is 12.9. The first-order valence-electron chi connectivity index (χ1n) is 9.28. The summed E-state index contributed by atoms with van der Waals surface area (Å²) in [6.45, 7) is 1.26. The number of carbonyl (C=O) groups excluding carboxylic acids is 2. The zero-order chi connectivity index (χ0) is 20.8. The number of anilines is 1. The number of amides is 2. The molecule has 2 aromatic rings. The number of hydrogen-bond donors (Lipinski definition) is 1. The first-order valence-corrected chi connectivity index (χ1v) is 9.28. The van der Waals surface area contributed by atoms with E-state index in [0.29, 0.717) is 24.6 Å². The molecule has 1 aliphatic rings. The highest BCUT2D eigenvalue weighted by Crippen LogP contribution is 2.33. The smallest absolute Gasteiger partial charge is 0.260 e. The van der Waals surface area contributed by atoms with Crippen molar-refractivity contribution in [1.29, 1.82) is 0 Å². The van der Waals surface area contributed by atoms with Gasteiger partial charge in [0.05, 0.1) is 25.9 Å². The van der Waals surface area contributed by atoms with E-state index in [1.165, 1.54) is 0 Å². The second-order valence-corrected chi connectivity index (χ2v) is 6.74. The standard InChI is InChI=1S/C21H25N3O5/c1-23(11-12-28-16-9-7-15(27-2)8-10-16)14-20(25)24-13-19(21(22)26)29-18-6-4-3-5-17(18)24/h3-10,19H,11-14H2,1-2H3,(H2,22,26)/t19-/m1/s1. The molecule has 2 aromatic carbocycles. The molecule has 0 radical (unpaired) electrons. The van der Waals surface area contributed by atoms with Crippen LogP contribution in [0, 0.1) is 0 Å². The van der Waals surface area contributed by atoms with Crippen LogP contribution in [0.5, 0.6) is 17.2 Å². The largest absolute Gasteiger partial charge is 0.497 e. The highest BCUT2D eigenvalue weighted by atomic mass is 16.5. The Hall–Kier alpha value is -3.26. The van der Waals surface area contributed by atoms with E-state index in [4.69, 9.17) is 19.9 Å². The second kappa shape index (κ2) is 9.29. The summed E-state index contributed by atoms with van der Waals surface area (Å²) in [5, 5.41) is 0. The van der Waals surface area contributed by atoms with Gasteiger partial charge in [0.2, 0.25) is 5.91 Å². The fourth-order valence-corrected chi connectivity index (χ4v) is 3.01. The molecular weight excluding hydrogens is 374 g/mol. The number of hydrogen-bond acceptors (Lipinski definition) is 6. The van der Waals surface area contributed by atoms with Crippen molar-refractivity contribution in [2.45, 2.75) is 6.10 Å². The maximum atomic E-state index is 12.9. The molecule has 1 atom stereocenters. The molecule has 0 fully saturated rings. The molecule has 29 heavy (non-hydrogen) atoms. The minimum absolute atomic E-state index is 0.0986. The third-order valence-electron chi connectivity index (χ3n) is 4.60. The molecule has 8 nitrogen and oxygen atoms in total. The van der Waals surface area contributed by atoms with Crippen LogP contribution in [0.2, 0.25) is 0 Å². The van der Waals surface area contributed by atoms with Gasteiger partial charge in [-0.15, -0.1) is 0 Å². The molecule has 0 spiro atoms. The summed E-state index contributed by atoms with van der Waals surface area (Å²) < 4.78 is 16.4. The quantitative estimate of drug-likeness (QED) is 0.719. The van der Waals surface area contributed by atoms with Gasteiger partial charge < -0.3 is 24.8 Å². The van der Waals surface area contributed by atoms with Gasteiger partial charge in [-0.05, 0) is 43.4 Å². The average molecular weight is 399 g/mol. The Labute approximate surface area is 169 Å². The van der Waals surface area contributed by atoms with E-state index in [1.54, 1.807) is 30.2 Å². The van der Waals surface area contributed by atoms with Gasteiger partial charge in [-0.25, -0.2) is 0 Å². The van der Waals surface area contributed by atoms with Crippen LogP contribution in [-0.4, -0.2) is 63.2 Å². The first kappa shape index (κ1) is 20.5. The van der Waals surface area contributed by atoms with Gasteiger partial charge in [0.15, 0.2) is 6.10 Å². The lowest BCUT2D eigenvalue weighted by Crippen LogP contribution is -2.51. The summed E-state index contributed by atoms with van der Waals surface area (Å²) in [6.07, 6.45) is -0.863. The Morgan fingerprint density at radius 2 is 1.86 bits per heavy atom. The summed E-state index contributed by atoms with van der Waals surface area (Å²) in [7, 11) is 3.45. The molecule has 1 heterocycles. The van der Waals surface area contributed by atoms with Crippen molar-refractivity contribution in [2.75, 3.05) is 45.3 Å². The molecule has 0 bridgehead atoms. The normalized spacial score (nSPS) is 15.4. The fourth-order valence-electron chi connectivity index (χ4n) is 3.01. The molecule has 154 valence electrons. The van der Waals surface area contributed by atoms with Crippen LogP contribution in [0.25, 0.3) is 0 Å². The number of nitrogens with two attached hydrogens (primary N) is 1. The van der Waals surface area contributed by atoms with Crippen molar-refractivity contribution < 1.29 is 23.8 Å². The Kier molecular flexibility index (Phi) is 6.56. The number of ether oxygens (including phenoxy) is 3. The second-order valence-electron chi connectivity index (χ2n) is 6.74. The van der Waals surface area contributed by atoms with E-state index in [2.05, 4.69) is 0 Å². The number of likely N-dealkylation sites (N-methyl/N-ethyl adjacent to an activating group) is 1. The first-order chi connectivity index (χ1) is 14.0. The number of fused-ring (bicyclic) bond motifs is 1. The number of benzene rings is 2. The van der Waals surface area contributed by atoms with Crippen molar-refractivity contribution in [1.82, 2.24) is 4.90 Å². The van der Waals surface area contributed by atoms with Gasteiger partial charge in [-0.3, -0.25) is 14.5 Å². The summed E-state index contributed by atoms with van der Waals surface area (Å²) in [5.74, 6) is 1.23. The van der Waals surface area contributed by atoms with Crippen LogP contribution < -0.4 is 24.8 Å².